The molecule has 2 saturated heterocycles. The molecule has 0 saturated carbocycles. The maximum atomic E-state index is 6.04. The van der Waals surface area contributed by atoms with Gasteiger partial charge in [0.25, 0.3) is 0 Å². The monoisotopic (exact) mass is 383 g/mol. The number of nitrogens with one attached hydrogen (secondary N) is 1. The third-order valence-corrected chi connectivity index (χ3v) is 6.17. The lowest BCUT2D eigenvalue weighted by atomic mass is 9.76. The third-order valence-electron chi connectivity index (χ3n) is 6.17. The van der Waals surface area contributed by atoms with Crippen molar-refractivity contribution in [2.75, 3.05) is 13.2 Å². The molecule has 0 aromatic heterocycles. The summed E-state index contributed by atoms with van der Waals surface area (Å²) in [6.07, 6.45) is 4.40. The molecule has 0 bridgehead atoms. The lowest BCUT2D eigenvalue weighted by Crippen LogP contribution is -2.67. The topological polar surface area (TPSA) is 37.0 Å². The van der Waals surface area contributed by atoms with Crippen LogP contribution in [0.4, 0.5) is 0 Å². The Balaban J connectivity index is 2.11. The van der Waals surface area contributed by atoms with Crippen molar-refractivity contribution in [2.24, 2.45) is 0 Å². The molecule has 1 N–H and O–H groups in total. The van der Waals surface area contributed by atoms with Gasteiger partial charge in [-0.1, -0.05) is 0 Å². The predicted molar refractivity (Wildman–Crippen MR) is 112 cm³/mol. The fourth-order valence-corrected chi connectivity index (χ4v) is 6.05. The summed E-state index contributed by atoms with van der Waals surface area (Å²) in [6.45, 7) is 24.1. The van der Waals surface area contributed by atoms with Gasteiger partial charge in [0.2, 0.25) is 0 Å². The Morgan fingerprint density at radius 3 is 1.11 bits per heavy atom. The highest BCUT2D eigenvalue weighted by atomic mass is 16.7. The van der Waals surface area contributed by atoms with E-state index < -0.39 is 0 Å². The number of hydrogen-bond acceptors (Lipinski definition) is 5. The van der Waals surface area contributed by atoms with Gasteiger partial charge in [-0.2, -0.15) is 10.1 Å². The zero-order valence-electron chi connectivity index (χ0n) is 19.6. The van der Waals surface area contributed by atoms with Crippen molar-refractivity contribution in [3.05, 3.63) is 0 Å². The minimum Gasteiger partial charge on any atom is -0.311 e. The number of hydrogen-bond donors (Lipinski definition) is 1. The Morgan fingerprint density at radius 1 is 0.630 bits per heavy atom. The van der Waals surface area contributed by atoms with Crippen LogP contribution >= 0.6 is 0 Å². The van der Waals surface area contributed by atoms with E-state index in [-0.39, 0.29) is 22.2 Å². The van der Waals surface area contributed by atoms with Gasteiger partial charge in [0.05, 0.1) is 13.2 Å². The zero-order chi connectivity index (χ0) is 20.7. The van der Waals surface area contributed by atoms with Crippen LogP contribution in [0.1, 0.15) is 94.9 Å². The average Bonchev–Trinajstić information content (AvgIpc) is 2.45. The molecular formula is C22H45N3O2. The van der Waals surface area contributed by atoms with E-state index in [1.807, 2.05) is 0 Å². The largest absolute Gasteiger partial charge is 0.311 e. The fraction of sp³-hybridized carbons (Fsp3) is 1.00. The normalized spacial score (nSPS) is 29.1. The highest BCUT2D eigenvalue weighted by Gasteiger charge is 2.50. The van der Waals surface area contributed by atoms with Crippen molar-refractivity contribution >= 4 is 0 Å². The number of piperidine rings is 2. The Hall–Kier alpha value is -0.200. The van der Waals surface area contributed by atoms with E-state index in [4.69, 9.17) is 9.68 Å². The first-order chi connectivity index (χ1) is 12.2. The average molecular weight is 384 g/mol. The third kappa shape index (κ3) is 5.05. The quantitative estimate of drug-likeness (QED) is 0.730. The van der Waals surface area contributed by atoms with Gasteiger partial charge < -0.3 is 5.32 Å². The molecule has 27 heavy (non-hydrogen) atoms. The summed E-state index contributed by atoms with van der Waals surface area (Å²) < 4.78 is 0. The molecule has 0 aliphatic carbocycles. The summed E-state index contributed by atoms with van der Waals surface area (Å²) in [7, 11) is 0. The fourth-order valence-electron chi connectivity index (χ4n) is 6.05. The molecular weight excluding hydrogens is 338 g/mol. The van der Waals surface area contributed by atoms with Crippen molar-refractivity contribution in [3.63, 3.8) is 0 Å². The SMILES string of the molecule is CCON1C(C)(C)CC(NC2CC(C)(C)N(OCC)C(C)(C)C2)CC1(C)C. The van der Waals surface area contributed by atoms with Crippen molar-refractivity contribution in [1.82, 2.24) is 15.4 Å². The van der Waals surface area contributed by atoms with Gasteiger partial charge in [0, 0.05) is 34.2 Å². The molecule has 160 valence electrons. The molecule has 0 aromatic carbocycles. The van der Waals surface area contributed by atoms with Crippen LogP contribution in [0.3, 0.4) is 0 Å². The Bertz CT molecular complexity index is 422. The molecule has 2 fully saturated rings. The lowest BCUT2D eigenvalue weighted by Gasteiger charge is -2.57. The van der Waals surface area contributed by atoms with E-state index in [1.54, 1.807) is 0 Å². The van der Waals surface area contributed by atoms with Crippen LogP contribution in [0.25, 0.3) is 0 Å². The number of rotatable bonds is 6. The molecule has 2 aliphatic heterocycles. The van der Waals surface area contributed by atoms with Crippen molar-refractivity contribution in [2.45, 2.75) is 129 Å². The standard InChI is InChI=1S/C22H45N3O2/c1-11-26-24-19(3,4)13-17(14-20(24,5)6)23-18-15-21(7,8)25(27-12-2)22(9,10)16-18/h17-18,23H,11-16H2,1-10H3. The second kappa shape index (κ2) is 7.91. The summed E-state index contributed by atoms with van der Waals surface area (Å²) in [5.41, 5.74) is 0.0813. The molecule has 0 spiro atoms. The second-order valence-electron chi connectivity index (χ2n) is 11.1. The van der Waals surface area contributed by atoms with Gasteiger partial charge in [-0.05, 0) is 94.9 Å². The lowest BCUT2D eigenvalue weighted by molar-refractivity contribution is -0.287. The van der Waals surface area contributed by atoms with Crippen molar-refractivity contribution in [1.29, 1.82) is 0 Å². The van der Waals surface area contributed by atoms with Crippen LogP contribution in [0, 0.1) is 0 Å². The van der Waals surface area contributed by atoms with E-state index in [0.29, 0.717) is 12.1 Å². The molecule has 0 atom stereocenters. The van der Waals surface area contributed by atoms with Crippen LogP contribution in [0.2, 0.25) is 0 Å². The predicted octanol–water partition coefficient (Wildman–Crippen LogP) is 4.52. The Kier molecular flexibility index (Phi) is 6.76. The second-order valence-corrected chi connectivity index (χ2v) is 11.1. The zero-order valence-corrected chi connectivity index (χ0v) is 19.6. The van der Waals surface area contributed by atoms with Crippen LogP contribution in [-0.2, 0) is 9.68 Å². The van der Waals surface area contributed by atoms with Gasteiger partial charge in [0.15, 0.2) is 0 Å². The van der Waals surface area contributed by atoms with Gasteiger partial charge in [0.1, 0.15) is 0 Å². The molecule has 2 rings (SSSR count). The van der Waals surface area contributed by atoms with E-state index in [9.17, 15) is 0 Å². The summed E-state index contributed by atoms with van der Waals surface area (Å²) in [6, 6.07) is 1.00. The molecule has 0 aromatic rings. The van der Waals surface area contributed by atoms with E-state index in [1.165, 1.54) is 0 Å². The van der Waals surface area contributed by atoms with Gasteiger partial charge in [-0.15, -0.1) is 0 Å². The van der Waals surface area contributed by atoms with Crippen LogP contribution in [0.5, 0.6) is 0 Å². The Morgan fingerprint density at radius 2 is 0.889 bits per heavy atom. The van der Waals surface area contributed by atoms with Crippen LogP contribution in [-0.4, -0.2) is 57.6 Å². The van der Waals surface area contributed by atoms with Crippen LogP contribution < -0.4 is 5.32 Å². The first-order valence-corrected chi connectivity index (χ1v) is 10.9. The summed E-state index contributed by atoms with van der Waals surface area (Å²) in [4.78, 5) is 12.1. The van der Waals surface area contributed by atoms with E-state index in [0.717, 1.165) is 38.9 Å². The Labute approximate surface area is 168 Å². The minimum atomic E-state index is 0.0203. The van der Waals surface area contributed by atoms with Crippen molar-refractivity contribution < 1.29 is 9.68 Å². The highest BCUT2D eigenvalue weighted by Crippen LogP contribution is 2.42. The minimum absolute atomic E-state index is 0.0203. The van der Waals surface area contributed by atoms with Crippen LogP contribution in [0.15, 0.2) is 0 Å². The first-order valence-electron chi connectivity index (χ1n) is 10.9. The highest BCUT2D eigenvalue weighted by molar-refractivity contribution is 5.03. The van der Waals surface area contributed by atoms with E-state index >= 15 is 0 Å². The molecule has 0 unspecified atom stereocenters. The molecule has 5 nitrogen and oxygen atoms in total. The maximum Gasteiger partial charge on any atom is 0.0657 e. The first kappa shape index (κ1) is 23.1. The smallest absolute Gasteiger partial charge is 0.0657 e. The van der Waals surface area contributed by atoms with Gasteiger partial charge in [-0.3, -0.25) is 9.68 Å². The number of hydroxylamine groups is 4. The maximum absolute atomic E-state index is 6.04. The van der Waals surface area contributed by atoms with Gasteiger partial charge in [-0.25, -0.2) is 0 Å². The van der Waals surface area contributed by atoms with Crippen molar-refractivity contribution in [3.8, 4) is 0 Å². The summed E-state index contributed by atoms with van der Waals surface area (Å²) >= 11 is 0. The van der Waals surface area contributed by atoms with Gasteiger partial charge >= 0.3 is 0 Å². The molecule has 2 heterocycles. The summed E-state index contributed by atoms with van der Waals surface area (Å²) in [5.74, 6) is 0. The molecule has 0 amide bonds. The van der Waals surface area contributed by atoms with E-state index in [2.05, 4.69) is 84.7 Å². The number of nitrogens with zero attached hydrogens (tertiary/aromatic N) is 2. The summed E-state index contributed by atoms with van der Waals surface area (Å²) in [5, 5.41) is 8.52. The molecule has 2 aliphatic rings. The molecule has 5 heteroatoms. The molecule has 0 radical (unpaired) electrons.